The average molecular weight is 374 g/mol. The number of anilines is 2. The third-order valence-electron chi connectivity index (χ3n) is 4.03. The van der Waals surface area contributed by atoms with E-state index in [1.807, 2.05) is 0 Å². The van der Waals surface area contributed by atoms with Gasteiger partial charge in [-0.3, -0.25) is 9.59 Å². The maximum atomic E-state index is 13.1. The van der Waals surface area contributed by atoms with Gasteiger partial charge in [-0.1, -0.05) is 12.1 Å². The molecule has 1 N–H and O–H groups in total. The first-order valence-electron chi connectivity index (χ1n) is 8.27. The Hall–Kier alpha value is -3.29. The first-order chi connectivity index (χ1) is 13.0. The Morgan fingerprint density at radius 2 is 1.89 bits per heavy atom. The van der Waals surface area contributed by atoms with Gasteiger partial charge in [0.05, 0.1) is 11.3 Å². The molecule has 6 nitrogen and oxygen atoms in total. The van der Waals surface area contributed by atoms with E-state index in [1.54, 1.807) is 18.2 Å². The van der Waals surface area contributed by atoms with Crippen molar-refractivity contribution in [2.24, 2.45) is 0 Å². The first kappa shape index (κ1) is 18.5. The van der Waals surface area contributed by atoms with Crippen LogP contribution in [0.5, 0.6) is 0 Å². The fraction of sp³-hybridized carbons (Fsp3) is 0.211. The lowest BCUT2D eigenvalue weighted by molar-refractivity contribution is -0.119. The molecule has 0 spiro atoms. The van der Waals surface area contributed by atoms with Gasteiger partial charge in [-0.25, -0.2) is 13.6 Å². The highest BCUT2D eigenvalue weighted by Gasteiger charge is 2.26. The number of hydrogen-bond donors (Lipinski definition) is 1. The third kappa shape index (κ3) is 4.28. The smallest absolute Gasteiger partial charge is 0.340 e. The lowest BCUT2D eigenvalue weighted by Crippen LogP contribution is -2.27. The molecular weight excluding hydrogens is 358 g/mol. The standard InChI is InChI=1S/C19H16F2N2O4/c20-14-8-7-12(10-15(14)21)22-17(24)11-27-19(26)13-4-1-2-5-16(13)23-9-3-6-18(23)25/h1-2,4-5,7-8,10H,3,6,9,11H2,(H,22,24). The van der Waals surface area contributed by atoms with Crippen molar-refractivity contribution in [3.63, 3.8) is 0 Å². The van der Waals surface area contributed by atoms with Crippen molar-refractivity contribution in [3.8, 4) is 0 Å². The Kier molecular flexibility index (Phi) is 5.44. The minimum atomic E-state index is -1.10. The molecule has 8 heteroatoms. The van der Waals surface area contributed by atoms with Gasteiger partial charge in [0.1, 0.15) is 0 Å². The second-order valence-corrected chi connectivity index (χ2v) is 5.92. The van der Waals surface area contributed by atoms with Gasteiger partial charge in [0, 0.05) is 24.7 Å². The van der Waals surface area contributed by atoms with Gasteiger partial charge >= 0.3 is 5.97 Å². The van der Waals surface area contributed by atoms with Crippen LogP contribution in [0.25, 0.3) is 0 Å². The number of esters is 1. The molecule has 0 radical (unpaired) electrons. The van der Waals surface area contributed by atoms with E-state index in [0.717, 1.165) is 12.1 Å². The normalized spacial score (nSPS) is 13.6. The highest BCUT2D eigenvalue weighted by atomic mass is 19.2. The van der Waals surface area contributed by atoms with Gasteiger partial charge < -0.3 is 15.0 Å². The predicted molar refractivity (Wildman–Crippen MR) is 93.3 cm³/mol. The van der Waals surface area contributed by atoms with Crippen molar-refractivity contribution in [3.05, 3.63) is 59.7 Å². The van der Waals surface area contributed by atoms with Crippen molar-refractivity contribution in [1.29, 1.82) is 0 Å². The lowest BCUT2D eigenvalue weighted by Gasteiger charge is -2.18. The molecule has 0 saturated carbocycles. The van der Waals surface area contributed by atoms with E-state index in [2.05, 4.69) is 5.32 Å². The molecule has 1 aliphatic heterocycles. The Morgan fingerprint density at radius 1 is 1.11 bits per heavy atom. The Labute approximate surface area is 153 Å². The van der Waals surface area contributed by atoms with Gasteiger partial charge in [0.2, 0.25) is 5.91 Å². The molecule has 0 aliphatic carbocycles. The number of benzene rings is 2. The van der Waals surface area contributed by atoms with Crippen LogP contribution in [0.2, 0.25) is 0 Å². The maximum Gasteiger partial charge on any atom is 0.340 e. The topological polar surface area (TPSA) is 75.7 Å². The largest absolute Gasteiger partial charge is 0.452 e. The molecule has 3 rings (SSSR count). The van der Waals surface area contributed by atoms with Crippen LogP contribution in [-0.4, -0.2) is 30.9 Å². The number of nitrogens with zero attached hydrogens (tertiary/aromatic N) is 1. The van der Waals surface area contributed by atoms with Gasteiger partial charge in [-0.2, -0.15) is 0 Å². The minimum absolute atomic E-state index is 0.0398. The molecule has 1 aliphatic rings. The van der Waals surface area contributed by atoms with Crippen LogP contribution in [0, 0.1) is 11.6 Å². The third-order valence-corrected chi connectivity index (χ3v) is 4.03. The summed E-state index contributed by atoms with van der Waals surface area (Å²) in [6.07, 6.45) is 1.12. The van der Waals surface area contributed by atoms with E-state index in [1.165, 1.54) is 17.0 Å². The number of hydrogen-bond acceptors (Lipinski definition) is 4. The molecule has 27 heavy (non-hydrogen) atoms. The van der Waals surface area contributed by atoms with E-state index in [-0.39, 0.29) is 17.2 Å². The summed E-state index contributed by atoms with van der Waals surface area (Å²) < 4.78 is 31.0. The Morgan fingerprint density at radius 3 is 2.59 bits per heavy atom. The van der Waals surface area contributed by atoms with Crippen LogP contribution in [-0.2, 0) is 14.3 Å². The molecule has 140 valence electrons. The monoisotopic (exact) mass is 374 g/mol. The van der Waals surface area contributed by atoms with Crippen LogP contribution in [0.4, 0.5) is 20.2 Å². The van der Waals surface area contributed by atoms with Gasteiger partial charge in [0.25, 0.3) is 5.91 Å². The molecular formula is C19H16F2N2O4. The van der Waals surface area contributed by atoms with Crippen LogP contribution < -0.4 is 10.2 Å². The molecule has 1 saturated heterocycles. The van der Waals surface area contributed by atoms with Crippen LogP contribution in [0.1, 0.15) is 23.2 Å². The number of halogens is 2. The van der Waals surface area contributed by atoms with Crippen molar-refractivity contribution in [1.82, 2.24) is 0 Å². The van der Waals surface area contributed by atoms with Gasteiger partial charge in [-0.15, -0.1) is 0 Å². The lowest BCUT2D eigenvalue weighted by atomic mass is 10.1. The number of nitrogens with one attached hydrogen (secondary N) is 1. The zero-order valence-electron chi connectivity index (χ0n) is 14.2. The summed E-state index contributed by atoms with van der Waals surface area (Å²) in [6.45, 7) is -0.0974. The first-order valence-corrected chi connectivity index (χ1v) is 8.27. The highest BCUT2D eigenvalue weighted by Crippen LogP contribution is 2.26. The van der Waals surface area contributed by atoms with Gasteiger partial charge in [0.15, 0.2) is 18.2 Å². The summed E-state index contributed by atoms with van der Waals surface area (Å²) in [6, 6.07) is 9.36. The molecule has 0 bridgehead atoms. The number of ether oxygens (including phenoxy) is 1. The SMILES string of the molecule is O=C(COC(=O)c1ccccc1N1CCCC1=O)Nc1ccc(F)c(F)c1. The summed E-state index contributed by atoms with van der Waals surface area (Å²) in [7, 11) is 0. The molecule has 1 fully saturated rings. The van der Waals surface area contributed by atoms with Crippen molar-refractivity contribution >= 4 is 29.2 Å². The van der Waals surface area contributed by atoms with E-state index in [0.29, 0.717) is 25.1 Å². The molecule has 1 heterocycles. The minimum Gasteiger partial charge on any atom is -0.452 e. The zero-order chi connectivity index (χ0) is 19.4. The molecule has 2 aromatic rings. The van der Waals surface area contributed by atoms with Crippen molar-refractivity contribution in [2.45, 2.75) is 12.8 Å². The fourth-order valence-corrected chi connectivity index (χ4v) is 2.76. The Balaban J connectivity index is 1.63. The zero-order valence-corrected chi connectivity index (χ0v) is 14.2. The number of para-hydroxylation sites is 1. The molecule has 0 unspecified atom stereocenters. The van der Waals surface area contributed by atoms with Crippen LogP contribution >= 0.6 is 0 Å². The molecule has 0 atom stereocenters. The predicted octanol–water partition coefficient (Wildman–Crippen LogP) is 2.89. The summed E-state index contributed by atoms with van der Waals surface area (Å²) in [4.78, 5) is 37.6. The highest BCUT2D eigenvalue weighted by molar-refractivity contribution is 6.04. The second-order valence-electron chi connectivity index (χ2n) is 5.92. The molecule has 0 aromatic heterocycles. The fourth-order valence-electron chi connectivity index (χ4n) is 2.76. The van der Waals surface area contributed by atoms with Crippen molar-refractivity contribution in [2.75, 3.05) is 23.4 Å². The summed E-state index contributed by atoms with van der Waals surface area (Å²) in [5.41, 5.74) is 0.650. The number of amides is 2. The maximum absolute atomic E-state index is 13.1. The number of rotatable bonds is 5. The molecule has 2 amide bonds. The molecule has 2 aromatic carbocycles. The summed E-state index contributed by atoms with van der Waals surface area (Å²) >= 11 is 0. The van der Waals surface area contributed by atoms with Gasteiger partial charge in [-0.05, 0) is 30.7 Å². The Bertz CT molecular complexity index is 901. The van der Waals surface area contributed by atoms with Crippen LogP contribution in [0.15, 0.2) is 42.5 Å². The quantitative estimate of drug-likeness (QED) is 0.817. The average Bonchev–Trinajstić information content (AvgIpc) is 3.08. The van der Waals surface area contributed by atoms with E-state index >= 15 is 0 Å². The number of carbonyl (C=O) groups excluding carboxylic acids is 3. The second kappa shape index (κ2) is 7.94. The van der Waals surface area contributed by atoms with Crippen molar-refractivity contribution < 1.29 is 27.9 Å². The van der Waals surface area contributed by atoms with E-state index in [4.69, 9.17) is 4.74 Å². The number of carbonyl (C=O) groups is 3. The van der Waals surface area contributed by atoms with E-state index < -0.39 is 30.1 Å². The van der Waals surface area contributed by atoms with E-state index in [9.17, 15) is 23.2 Å². The van der Waals surface area contributed by atoms with Crippen LogP contribution in [0.3, 0.4) is 0 Å². The summed E-state index contributed by atoms with van der Waals surface area (Å²) in [5.74, 6) is -3.68. The summed E-state index contributed by atoms with van der Waals surface area (Å²) in [5, 5.41) is 2.31.